The number of aromatic nitrogens is 2. The van der Waals surface area contributed by atoms with Gasteiger partial charge in [0, 0.05) is 18.0 Å². The SMILES string of the molecule is Cc1ccc(C(=O)O)c(-c2cnccn2)c1C(=O)O. The Balaban J connectivity index is 2.85. The number of nitrogens with zero attached hydrogens (tertiary/aromatic N) is 2. The second-order valence-electron chi connectivity index (χ2n) is 3.88. The fourth-order valence-corrected chi connectivity index (χ4v) is 1.85. The van der Waals surface area contributed by atoms with Gasteiger partial charge in [0.1, 0.15) is 0 Å². The van der Waals surface area contributed by atoms with Crippen molar-refractivity contribution in [2.24, 2.45) is 0 Å². The van der Waals surface area contributed by atoms with Crippen LogP contribution in [0.3, 0.4) is 0 Å². The summed E-state index contributed by atoms with van der Waals surface area (Å²) in [5, 5.41) is 18.5. The summed E-state index contributed by atoms with van der Waals surface area (Å²) in [6, 6.07) is 2.83. The standard InChI is InChI=1S/C13H10N2O4/c1-7-2-3-8(12(16)17)11(10(7)13(18)19)9-6-14-4-5-15-9/h2-6H,1H3,(H,16,17)(H,18,19). The average Bonchev–Trinajstić information content (AvgIpc) is 2.38. The molecule has 0 spiro atoms. The molecule has 1 aromatic heterocycles. The lowest BCUT2D eigenvalue weighted by Crippen LogP contribution is -2.09. The molecule has 2 rings (SSSR count). The maximum absolute atomic E-state index is 11.3. The highest BCUT2D eigenvalue weighted by molar-refractivity contribution is 6.05. The van der Waals surface area contributed by atoms with E-state index in [1.54, 1.807) is 6.92 Å². The molecular formula is C13H10N2O4. The predicted octanol–water partition coefficient (Wildman–Crippen LogP) is 1.85. The van der Waals surface area contributed by atoms with Gasteiger partial charge in [-0.2, -0.15) is 0 Å². The maximum Gasteiger partial charge on any atom is 0.336 e. The second-order valence-corrected chi connectivity index (χ2v) is 3.88. The van der Waals surface area contributed by atoms with E-state index >= 15 is 0 Å². The summed E-state index contributed by atoms with van der Waals surface area (Å²) in [5.74, 6) is -2.40. The number of hydrogen-bond acceptors (Lipinski definition) is 4. The van der Waals surface area contributed by atoms with Crippen molar-refractivity contribution in [3.05, 3.63) is 47.4 Å². The van der Waals surface area contributed by atoms with Crippen LogP contribution in [-0.4, -0.2) is 32.1 Å². The lowest BCUT2D eigenvalue weighted by atomic mass is 9.94. The highest BCUT2D eigenvalue weighted by Crippen LogP contribution is 2.28. The van der Waals surface area contributed by atoms with Crippen molar-refractivity contribution >= 4 is 11.9 Å². The summed E-state index contributed by atoms with van der Waals surface area (Å²) >= 11 is 0. The Morgan fingerprint density at radius 2 is 1.84 bits per heavy atom. The van der Waals surface area contributed by atoms with Crippen LogP contribution in [0, 0.1) is 6.92 Å². The quantitative estimate of drug-likeness (QED) is 0.871. The molecule has 2 N–H and O–H groups in total. The molecule has 0 aliphatic carbocycles. The van der Waals surface area contributed by atoms with E-state index in [0.717, 1.165) is 0 Å². The van der Waals surface area contributed by atoms with Crippen LogP contribution in [0.1, 0.15) is 26.3 Å². The number of carboxylic acids is 2. The first kappa shape index (κ1) is 12.7. The third-order valence-corrected chi connectivity index (χ3v) is 2.68. The van der Waals surface area contributed by atoms with Crippen LogP contribution in [0.25, 0.3) is 11.3 Å². The van der Waals surface area contributed by atoms with Gasteiger partial charge in [0.15, 0.2) is 0 Å². The smallest absolute Gasteiger partial charge is 0.336 e. The minimum absolute atomic E-state index is 0.0691. The van der Waals surface area contributed by atoms with Gasteiger partial charge in [0.05, 0.1) is 23.0 Å². The lowest BCUT2D eigenvalue weighted by Gasteiger charge is -2.11. The fourth-order valence-electron chi connectivity index (χ4n) is 1.85. The van der Waals surface area contributed by atoms with Crippen molar-refractivity contribution < 1.29 is 19.8 Å². The summed E-state index contributed by atoms with van der Waals surface area (Å²) in [6.07, 6.45) is 4.16. The van der Waals surface area contributed by atoms with Gasteiger partial charge in [0.2, 0.25) is 0 Å². The van der Waals surface area contributed by atoms with Crippen LogP contribution in [0.5, 0.6) is 0 Å². The molecule has 6 heteroatoms. The molecule has 0 saturated carbocycles. The molecule has 0 aliphatic heterocycles. The van der Waals surface area contributed by atoms with Crippen LogP contribution >= 0.6 is 0 Å². The van der Waals surface area contributed by atoms with E-state index in [1.165, 1.54) is 30.7 Å². The number of carbonyl (C=O) groups is 2. The molecule has 6 nitrogen and oxygen atoms in total. The van der Waals surface area contributed by atoms with Crippen LogP contribution < -0.4 is 0 Å². The molecule has 0 radical (unpaired) electrons. The Labute approximate surface area is 108 Å². The average molecular weight is 258 g/mol. The number of benzene rings is 1. The minimum atomic E-state index is -1.21. The first-order valence-electron chi connectivity index (χ1n) is 5.39. The van der Waals surface area contributed by atoms with Crippen molar-refractivity contribution in [1.29, 1.82) is 0 Å². The zero-order valence-electron chi connectivity index (χ0n) is 9.99. The van der Waals surface area contributed by atoms with Crippen LogP contribution in [0.15, 0.2) is 30.7 Å². The van der Waals surface area contributed by atoms with Gasteiger partial charge in [0.25, 0.3) is 0 Å². The molecule has 19 heavy (non-hydrogen) atoms. The third-order valence-electron chi connectivity index (χ3n) is 2.68. The van der Waals surface area contributed by atoms with Crippen LogP contribution in [0.4, 0.5) is 0 Å². The van der Waals surface area contributed by atoms with E-state index in [-0.39, 0.29) is 22.4 Å². The number of rotatable bonds is 3. The monoisotopic (exact) mass is 258 g/mol. The highest BCUT2D eigenvalue weighted by Gasteiger charge is 2.22. The van der Waals surface area contributed by atoms with Crippen molar-refractivity contribution in [2.45, 2.75) is 6.92 Å². The van der Waals surface area contributed by atoms with Gasteiger partial charge < -0.3 is 10.2 Å². The number of hydrogen-bond donors (Lipinski definition) is 2. The van der Waals surface area contributed by atoms with Crippen LogP contribution in [-0.2, 0) is 0 Å². The Morgan fingerprint density at radius 3 is 2.37 bits per heavy atom. The molecule has 2 aromatic rings. The molecule has 96 valence electrons. The summed E-state index contributed by atoms with van der Waals surface area (Å²) in [6.45, 7) is 1.61. The molecule has 0 atom stereocenters. The number of aryl methyl sites for hydroxylation is 1. The Morgan fingerprint density at radius 1 is 1.11 bits per heavy atom. The molecule has 0 aliphatic rings. The maximum atomic E-state index is 11.3. The third kappa shape index (κ3) is 2.28. The molecule has 0 fully saturated rings. The van der Waals surface area contributed by atoms with Gasteiger partial charge in [-0.05, 0) is 18.6 Å². The first-order chi connectivity index (χ1) is 9.02. The van der Waals surface area contributed by atoms with Gasteiger partial charge in [-0.15, -0.1) is 0 Å². The zero-order chi connectivity index (χ0) is 14.0. The van der Waals surface area contributed by atoms with E-state index in [0.29, 0.717) is 5.56 Å². The first-order valence-corrected chi connectivity index (χ1v) is 5.39. The van der Waals surface area contributed by atoms with E-state index < -0.39 is 11.9 Å². The molecule has 0 bridgehead atoms. The van der Waals surface area contributed by atoms with Crippen molar-refractivity contribution in [3.63, 3.8) is 0 Å². The van der Waals surface area contributed by atoms with Gasteiger partial charge in [-0.25, -0.2) is 9.59 Å². The predicted molar refractivity (Wildman–Crippen MR) is 66.1 cm³/mol. The summed E-state index contributed by atoms with van der Waals surface area (Å²) in [5.41, 5.74) is 0.594. The highest BCUT2D eigenvalue weighted by atomic mass is 16.4. The Bertz CT molecular complexity index is 653. The zero-order valence-corrected chi connectivity index (χ0v) is 9.99. The summed E-state index contributed by atoms with van der Waals surface area (Å²) in [7, 11) is 0. The van der Waals surface area contributed by atoms with E-state index in [9.17, 15) is 19.8 Å². The van der Waals surface area contributed by atoms with Crippen LogP contribution in [0.2, 0.25) is 0 Å². The number of aromatic carboxylic acids is 2. The van der Waals surface area contributed by atoms with Gasteiger partial charge in [-0.1, -0.05) is 6.07 Å². The second kappa shape index (κ2) is 4.85. The normalized spacial score (nSPS) is 10.2. The Hall–Kier alpha value is -2.76. The molecule has 0 amide bonds. The summed E-state index contributed by atoms with van der Waals surface area (Å²) < 4.78 is 0. The Kier molecular flexibility index (Phi) is 3.24. The molecule has 1 aromatic carbocycles. The molecule has 0 saturated heterocycles. The van der Waals surface area contributed by atoms with E-state index in [1.807, 2.05) is 0 Å². The topological polar surface area (TPSA) is 100 Å². The largest absolute Gasteiger partial charge is 0.478 e. The molecule has 0 unspecified atom stereocenters. The van der Waals surface area contributed by atoms with Crippen molar-refractivity contribution in [3.8, 4) is 11.3 Å². The van der Waals surface area contributed by atoms with Crippen molar-refractivity contribution in [2.75, 3.05) is 0 Å². The minimum Gasteiger partial charge on any atom is -0.478 e. The van der Waals surface area contributed by atoms with E-state index in [2.05, 4.69) is 9.97 Å². The number of carboxylic acid groups (broad SMARTS) is 2. The molecular weight excluding hydrogens is 248 g/mol. The van der Waals surface area contributed by atoms with Gasteiger partial charge in [-0.3, -0.25) is 9.97 Å². The summed E-state index contributed by atoms with van der Waals surface area (Å²) in [4.78, 5) is 30.4. The molecule has 1 heterocycles. The fraction of sp³-hybridized carbons (Fsp3) is 0.0769. The van der Waals surface area contributed by atoms with E-state index in [4.69, 9.17) is 0 Å². The lowest BCUT2D eigenvalue weighted by molar-refractivity contribution is 0.0695. The van der Waals surface area contributed by atoms with Crippen molar-refractivity contribution in [1.82, 2.24) is 9.97 Å². The van der Waals surface area contributed by atoms with Gasteiger partial charge >= 0.3 is 11.9 Å².